The molecular weight excluding hydrogens is 286 g/mol. The number of carbonyl (C=O) groups excluding carboxylic acids is 1. The lowest BCUT2D eigenvalue weighted by Crippen LogP contribution is -2.59. The quantitative estimate of drug-likeness (QED) is 0.743. The van der Waals surface area contributed by atoms with Crippen LogP contribution in [0.3, 0.4) is 0 Å². The monoisotopic (exact) mass is 303 g/mol. The van der Waals surface area contributed by atoms with Crippen LogP contribution in [0.5, 0.6) is 0 Å². The summed E-state index contributed by atoms with van der Waals surface area (Å²) in [6.07, 6.45) is 7.65. The van der Waals surface area contributed by atoms with Gasteiger partial charge in [-0.1, -0.05) is 35.9 Å². The van der Waals surface area contributed by atoms with Gasteiger partial charge in [0.1, 0.15) is 0 Å². The number of carbonyl (C=O) groups is 1. The highest BCUT2D eigenvalue weighted by atomic mass is 35.5. The topological polar surface area (TPSA) is 29.5 Å². The second kappa shape index (κ2) is 4.85. The van der Waals surface area contributed by atoms with Crippen LogP contribution in [-0.2, 0) is 15.3 Å². The summed E-state index contributed by atoms with van der Waals surface area (Å²) in [4.78, 5) is 14.5. The number of amides is 1. The summed E-state index contributed by atoms with van der Waals surface area (Å²) in [6, 6.07) is 8.01. The fourth-order valence-corrected chi connectivity index (χ4v) is 4.11. The number of rotatable bonds is 1. The maximum absolute atomic E-state index is 12.5. The summed E-state index contributed by atoms with van der Waals surface area (Å²) in [5.41, 5.74) is 0.472. The van der Waals surface area contributed by atoms with E-state index in [1.165, 1.54) is 0 Å². The van der Waals surface area contributed by atoms with Crippen LogP contribution < -0.4 is 0 Å². The zero-order chi connectivity index (χ0) is 14.4. The fraction of sp³-hybridized carbons (Fsp3) is 0.471. The van der Waals surface area contributed by atoms with Gasteiger partial charge >= 0.3 is 0 Å². The summed E-state index contributed by atoms with van der Waals surface area (Å²) in [7, 11) is 0. The minimum atomic E-state index is -0.575. The third-order valence-electron chi connectivity index (χ3n) is 5.03. The van der Waals surface area contributed by atoms with Gasteiger partial charge < -0.3 is 9.64 Å². The van der Waals surface area contributed by atoms with Crippen LogP contribution in [0.1, 0.15) is 31.2 Å². The Morgan fingerprint density at radius 3 is 2.76 bits per heavy atom. The van der Waals surface area contributed by atoms with E-state index in [1.807, 2.05) is 29.2 Å². The van der Waals surface area contributed by atoms with E-state index in [9.17, 15) is 4.79 Å². The molecule has 0 radical (unpaired) electrons. The van der Waals surface area contributed by atoms with Crippen LogP contribution >= 0.6 is 11.6 Å². The zero-order valence-electron chi connectivity index (χ0n) is 11.8. The fourth-order valence-electron chi connectivity index (χ4n) is 3.99. The van der Waals surface area contributed by atoms with Crippen LogP contribution in [0.15, 0.2) is 36.4 Å². The average molecular weight is 304 g/mol. The number of hydrogen-bond donors (Lipinski definition) is 0. The summed E-state index contributed by atoms with van der Waals surface area (Å²) in [5, 5.41) is 0.709. The summed E-state index contributed by atoms with van der Waals surface area (Å²) in [6.45, 7) is 0.724. The van der Waals surface area contributed by atoms with Gasteiger partial charge in [-0.3, -0.25) is 4.79 Å². The molecule has 3 unspecified atom stereocenters. The molecule has 3 nitrogen and oxygen atoms in total. The highest BCUT2D eigenvalue weighted by Gasteiger charge is 2.55. The number of benzene rings is 1. The first-order valence-electron chi connectivity index (χ1n) is 7.58. The molecule has 21 heavy (non-hydrogen) atoms. The van der Waals surface area contributed by atoms with E-state index in [-0.39, 0.29) is 11.9 Å². The van der Waals surface area contributed by atoms with Crippen molar-refractivity contribution in [2.45, 2.75) is 37.5 Å². The molecule has 2 fully saturated rings. The molecule has 1 amide bonds. The van der Waals surface area contributed by atoms with E-state index in [4.69, 9.17) is 16.3 Å². The van der Waals surface area contributed by atoms with Crippen molar-refractivity contribution >= 4 is 17.5 Å². The van der Waals surface area contributed by atoms with Crippen molar-refractivity contribution in [1.29, 1.82) is 0 Å². The molecule has 0 bridgehead atoms. The van der Waals surface area contributed by atoms with Gasteiger partial charge in [-0.05, 0) is 25.0 Å². The van der Waals surface area contributed by atoms with Crippen molar-refractivity contribution in [3.8, 4) is 0 Å². The number of halogens is 1. The minimum absolute atomic E-state index is 0.218. The Balaban J connectivity index is 1.78. The normalized spacial score (nSPS) is 34.7. The first-order chi connectivity index (χ1) is 10.2. The second-order valence-electron chi connectivity index (χ2n) is 6.14. The minimum Gasteiger partial charge on any atom is -0.351 e. The molecule has 3 aliphatic rings. The van der Waals surface area contributed by atoms with Gasteiger partial charge in [0.2, 0.25) is 5.91 Å². The van der Waals surface area contributed by atoms with E-state index in [0.29, 0.717) is 17.4 Å². The standard InChI is InChI=1S/C17H18ClNO2/c18-14-7-5-13(6-8-14)17-10-9-16(20)19(17)15-4-2-1-3-12(15)11-21-17/h1-2,5-8,12,15H,3-4,9-11H2. The smallest absolute Gasteiger partial charge is 0.225 e. The third-order valence-corrected chi connectivity index (χ3v) is 5.28. The lowest BCUT2D eigenvalue weighted by molar-refractivity contribution is -0.216. The molecule has 1 aromatic carbocycles. The number of nitrogens with zero attached hydrogens (tertiary/aromatic N) is 1. The van der Waals surface area contributed by atoms with Crippen molar-refractivity contribution in [2.75, 3.05) is 6.61 Å². The van der Waals surface area contributed by atoms with Crippen molar-refractivity contribution in [3.63, 3.8) is 0 Å². The molecular formula is C17H18ClNO2. The van der Waals surface area contributed by atoms with Gasteiger partial charge in [0.25, 0.3) is 0 Å². The lowest BCUT2D eigenvalue weighted by Gasteiger charge is -2.51. The molecule has 2 aliphatic heterocycles. The van der Waals surface area contributed by atoms with E-state index in [2.05, 4.69) is 12.2 Å². The van der Waals surface area contributed by atoms with Gasteiger partial charge in [0.05, 0.1) is 6.61 Å². The molecule has 1 aliphatic carbocycles. The van der Waals surface area contributed by atoms with E-state index in [1.54, 1.807) is 0 Å². The molecule has 110 valence electrons. The maximum atomic E-state index is 12.5. The summed E-state index contributed by atoms with van der Waals surface area (Å²) >= 11 is 6.00. The van der Waals surface area contributed by atoms with Gasteiger partial charge in [0.15, 0.2) is 5.72 Å². The highest BCUT2D eigenvalue weighted by Crippen LogP contribution is 2.48. The maximum Gasteiger partial charge on any atom is 0.225 e. The van der Waals surface area contributed by atoms with Crippen molar-refractivity contribution in [1.82, 2.24) is 4.90 Å². The number of allylic oxidation sites excluding steroid dienone is 1. The van der Waals surface area contributed by atoms with Gasteiger partial charge in [-0.15, -0.1) is 0 Å². The summed E-state index contributed by atoms with van der Waals surface area (Å²) < 4.78 is 6.28. The number of fused-ring (bicyclic) bond motifs is 3. The zero-order valence-corrected chi connectivity index (χ0v) is 12.6. The Kier molecular flexibility index (Phi) is 3.09. The van der Waals surface area contributed by atoms with E-state index >= 15 is 0 Å². The van der Waals surface area contributed by atoms with Crippen molar-refractivity contribution in [3.05, 3.63) is 47.0 Å². The summed E-state index contributed by atoms with van der Waals surface area (Å²) in [5.74, 6) is 0.646. The average Bonchev–Trinajstić information content (AvgIpc) is 2.87. The highest BCUT2D eigenvalue weighted by molar-refractivity contribution is 6.30. The van der Waals surface area contributed by atoms with Gasteiger partial charge in [-0.25, -0.2) is 0 Å². The number of hydrogen-bond acceptors (Lipinski definition) is 2. The molecule has 1 aromatic rings. The molecule has 0 aromatic heterocycles. The number of ether oxygens (including phenoxy) is 1. The molecule has 3 atom stereocenters. The van der Waals surface area contributed by atoms with Crippen LogP contribution in [0.25, 0.3) is 0 Å². The predicted molar refractivity (Wildman–Crippen MR) is 80.8 cm³/mol. The van der Waals surface area contributed by atoms with Gasteiger partial charge in [0, 0.05) is 35.4 Å². The molecule has 0 spiro atoms. The molecule has 4 rings (SSSR count). The van der Waals surface area contributed by atoms with Crippen LogP contribution in [-0.4, -0.2) is 23.5 Å². The van der Waals surface area contributed by atoms with E-state index in [0.717, 1.165) is 31.4 Å². The van der Waals surface area contributed by atoms with Crippen LogP contribution in [0, 0.1) is 5.92 Å². The van der Waals surface area contributed by atoms with Gasteiger partial charge in [-0.2, -0.15) is 0 Å². The largest absolute Gasteiger partial charge is 0.351 e. The molecule has 0 N–H and O–H groups in total. The molecule has 2 heterocycles. The van der Waals surface area contributed by atoms with Crippen molar-refractivity contribution < 1.29 is 9.53 Å². The predicted octanol–water partition coefficient (Wildman–Crippen LogP) is 3.48. The Bertz CT molecular complexity index is 597. The molecule has 4 heteroatoms. The SMILES string of the molecule is O=C1CCC2(c3ccc(Cl)cc3)OCC3CC=CCC3N12. The Labute approximate surface area is 129 Å². The Morgan fingerprint density at radius 1 is 1.19 bits per heavy atom. The third kappa shape index (κ3) is 1.95. The van der Waals surface area contributed by atoms with E-state index < -0.39 is 5.72 Å². The Morgan fingerprint density at radius 2 is 1.95 bits per heavy atom. The second-order valence-corrected chi connectivity index (χ2v) is 6.57. The lowest BCUT2D eigenvalue weighted by atomic mass is 9.84. The first kappa shape index (κ1) is 13.4. The van der Waals surface area contributed by atoms with Crippen LogP contribution in [0.2, 0.25) is 5.02 Å². The Hall–Kier alpha value is -1.32. The molecule has 0 saturated carbocycles. The van der Waals surface area contributed by atoms with Crippen LogP contribution in [0.4, 0.5) is 0 Å². The molecule has 2 saturated heterocycles. The first-order valence-corrected chi connectivity index (χ1v) is 7.96. The van der Waals surface area contributed by atoms with Crippen molar-refractivity contribution in [2.24, 2.45) is 5.92 Å².